The van der Waals surface area contributed by atoms with Crippen LogP contribution in [0.3, 0.4) is 0 Å². The van der Waals surface area contributed by atoms with Crippen LogP contribution < -0.4 is 5.32 Å². The number of carbonyl (C=O) groups is 1. The number of aryl methyl sites for hydroxylation is 1. The van der Waals surface area contributed by atoms with Gasteiger partial charge < -0.3 is 10.3 Å². The molecule has 1 aromatic carbocycles. The molecule has 1 amide bonds. The molecule has 0 aliphatic carbocycles. The molecule has 0 spiro atoms. The molecule has 1 heterocycles. The van der Waals surface area contributed by atoms with Gasteiger partial charge in [0.25, 0.3) is 0 Å². The van der Waals surface area contributed by atoms with Gasteiger partial charge in [0.1, 0.15) is 5.82 Å². The molecular formula is C12H12FN3O. The van der Waals surface area contributed by atoms with Crippen LogP contribution in [-0.2, 0) is 11.2 Å². The number of halogens is 1. The van der Waals surface area contributed by atoms with Gasteiger partial charge in [0.15, 0.2) is 0 Å². The Labute approximate surface area is 97.9 Å². The number of hydrogen-bond acceptors (Lipinski definition) is 2. The van der Waals surface area contributed by atoms with Gasteiger partial charge in [-0.05, 0) is 24.6 Å². The van der Waals surface area contributed by atoms with Crippen molar-refractivity contribution in [3.05, 3.63) is 48.3 Å². The summed E-state index contributed by atoms with van der Waals surface area (Å²) >= 11 is 0. The summed E-state index contributed by atoms with van der Waals surface area (Å²) < 4.78 is 12.9. The molecule has 0 aliphatic rings. The number of nitrogens with one attached hydrogen (secondary N) is 2. The molecule has 0 aliphatic heterocycles. The van der Waals surface area contributed by atoms with Crippen LogP contribution in [-0.4, -0.2) is 15.9 Å². The molecule has 0 saturated carbocycles. The fraction of sp³-hybridized carbons (Fsp3) is 0.167. The van der Waals surface area contributed by atoms with E-state index >= 15 is 0 Å². The van der Waals surface area contributed by atoms with Crippen LogP contribution in [0.15, 0.2) is 36.8 Å². The molecule has 88 valence electrons. The number of aromatic nitrogens is 2. The number of imidazole rings is 1. The zero-order valence-corrected chi connectivity index (χ0v) is 9.11. The minimum Gasteiger partial charge on any atom is -0.348 e. The van der Waals surface area contributed by atoms with Gasteiger partial charge in [-0.25, -0.2) is 9.37 Å². The maximum Gasteiger partial charge on any atom is 0.224 e. The molecule has 17 heavy (non-hydrogen) atoms. The van der Waals surface area contributed by atoms with E-state index < -0.39 is 0 Å². The van der Waals surface area contributed by atoms with E-state index in [0.717, 1.165) is 5.69 Å². The summed E-state index contributed by atoms with van der Waals surface area (Å²) in [6, 6.07) is 5.82. The quantitative estimate of drug-likeness (QED) is 0.849. The molecule has 0 radical (unpaired) electrons. The number of benzene rings is 1. The van der Waals surface area contributed by atoms with Crippen LogP contribution in [0.2, 0.25) is 0 Å². The Bertz CT molecular complexity index is 496. The lowest BCUT2D eigenvalue weighted by atomic mass is 10.2. The first-order valence-electron chi connectivity index (χ1n) is 5.27. The molecule has 0 bridgehead atoms. The van der Waals surface area contributed by atoms with E-state index in [-0.39, 0.29) is 11.7 Å². The van der Waals surface area contributed by atoms with Crippen LogP contribution in [0.4, 0.5) is 10.1 Å². The number of H-pyrrole nitrogens is 1. The van der Waals surface area contributed by atoms with E-state index in [1.165, 1.54) is 12.1 Å². The summed E-state index contributed by atoms with van der Waals surface area (Å²) in [6.45, 7) is 0. The maximum atomic E-state index is 12.9. The summed E-state index contributed by atoms with van der Waals surface area (Å²) in [4.78, 5) is 18.3. The topological polar surface area (TPSA) is 57.8 Å². The third-order valence-electron chi connectivity index (χ3n) is 2.28. The van der Waals surface area contributed by atoms with E-state index in [0.29, 0.717) is 18.5 Å². The molecule has 0 saturated heterocycles. The lowest BCUT2D eigenvalue weighted by molar-refractivity contribution is -0.116. The lowest BCUT2D eigenvalue weighted by Crippen LogP contribution is -2.12. The minimum absolute atomic E-state index is 0.148. The highest BCUT2D eigenvalue weighted by atomic mass is 19.1. The van der Waals surface area contributed by atoms with Crippen molar-refractivity contribution >= 4 is 11.6 Å². The summed E-state index contributed by atoms with van der Waals surface area (Å²) in [7, 11) is 0. The highest BCUT2D eigenvalue weighted by Gasteiger charge is 2.04. The summed E-state index contributed by atoms with van der Waals surface area (Å²) in [6.07, 6.45) is 4.16. The molecule has 2 rings (SSSR count). The maximum absolute atomic E-state index is 12.9. The molecule has 4 nitrogen and oxygen atoms in total. The summed E-state index contributed by atoms with van der Waals surface area (Å²) in [5.74, 6) is -0.512. The van der Waals surface area contributed by atoms with Crippen LogP contribution in [0.1, 0.15) is 12.1 Å². The van der Waals surface area contributed by atoms with Crippen molar-refractivity contribution in [3.63, 3.8) is 0 Å². The van der Waals surface area contributed by atoms with Crippen molar-refractivity contribution in [2.75, 3.05) is 5.32 Å². The van der Waals surface area contributed by atoms with Gasteiger partial charge in [0.2, 0.25) is 5.91 Å². The van der Waals surface area contributed by atoms with Gasteiger partial charge in [-0.1, -0.05) is 6.07 Å². The van der Waals surface area contributed by atoms with Crippen molar-refractivity contribution in [2.45, 2.75) is 12.8 Å². The standard InChI is InChI=1S/C12H12FN3O/c13-9-2-1-3-10(6-9)16-12(17)5-4-11-7-14-8-15-11/h1-3,6-8H,4-5H2,(H,14,15)(H,16,17). The lowest BCUT2D eigenvalue weighted by Gasteiger charge is -2.04. The second-order valence-corrected chi connectivity index (χ2v) is 3.64. The van der Waals surface area contributed by atoms with Crippen LogP contribution in [0.25, 0.3) is 0 Å². The van der Waals surface area contributed by atoms with Crippen LogP contribution in [0, 0.1) is 5.82 Å². The smallest absolute Gasteiger partial charge is 0.224 e. The Morgan fingerprint density at radius 1 is 1.47 bits per heavy atom. The van der Waals surface area contributed by atoms with Gasteiger partial charge in [-0.3, -0.25) is 4.79 Å². The number of hydrogen-bond donors (Lipinski definition) is 2. The SMILES string of the molecule is O=C(CCc1cnc[nH]1)Nc1cccc(F)c1. The number of aromatic amines is 1. The van der Waals surface area contributed by atoms with E-state index in [9.17, 15) is 9.18 Å². The molecule has 0 fully saturated rings. The second kappa shape index (κ2) is 5.25. The fourth-order valence-corrected chi connectivity index (χ4v) is 1.46. The largest absolute Gasteiger partial charge is 0.348 e. The van der Waals surface area contributed by atoms with E-state index in [1.807, 2.05) is 0 Å². The molecule has 1 aromatic heterocycles. The Hall–Kier alpha value is -2.17. The summed E-state index contributed by atoms with van der Waals surface area (Å²) in [5, 5.41) is 2.63. The Kier molecular flexibility index (Phi) is 3.49. The van der Waals surface area contributed by atoms with Crippen LogP contribution >= 0.6 is 0 Å². The van der Waals surface area contributed by atoms with E-state index in [2.05, 4.69) is 15.3 Å². The average Bonchev–Trinajstić information content (AvgIpc) is 2.79. The second-order valence-electron chi connectivity index (χ2n) is 3.64. The molecule has 0 atom stereocenters. The first-order valence-corrected chi connectivity index (χ1v) is 5.27. The van der Waals surface area contributed by atoms with Gasteiger partial charge >= 0.3 is 0 Å². The Morgan fingerprint density at radius 2 is 2.35 bits per heavy atom. The fourth-order valence-electron chi connectivity index (χ4n) is 1.46. The van der Waals surface area contributed by atoms with Crippen molar-refractivity contribution in [2.24, 2.45) is 0 Å². The molecule has 0 unspecified atom stereocenters. The Balaban J connectivity index is 1.85. The molecular weight excluding hydrogens is 221 g/mol. The number of amides is 1. The predicted molar refractivity (Wildman–Crippen MR) is 61.9 cm³/mol. The van der Waals surface area contributed by atoms with Crippen molar-refractivity contribution in [1.82, 2.24) is 9.97 Å². The van der Waals surface area contributed by atoms with Crippen molar-refractivity contribution in [1.29, 1.82) is 0 Å². The van der Waals surface area contributed by atoms with Gasteiger partial charge in [-0.15, -0.1) is 0 Å². The minimum atomic E-state index is -0.364. The highest BCUT2D eigenvalue weighted by molar-refractivity contribution is 5.90. The van der Waals surface area contributed by atoms with Crippen molar-refractivity contribution in [3.8, 4) is 0 Å². The molecule has 2 aromatic rings. The zero-order chi connectivity index (χ0) is 12.1. The third-order valence-corrected chi connectivity index (χ3v) is 2.28. The predicted octanol–water partition coefficient (Wildman–Crippen LogP) is 2.12. The van der Waals surface area contributed by atoms with Gasteiger partial charge in [-0.2, -0.15) is 0 Å². The molecule has 2 N–H and O–H groups in total. The monoisotopic (exact) mass is 233 g/mol. The zero-order valence-electron chi connectivity index (χ0n) is 9.11. The van der Waals surface area contributed by atoms with Gasteiger partial charge in [0, 0.05) is 24.0 Å². The third kappa shape index (κ3) is 3.41. The first-order chi connectivity index (χ1) is 8.24. The number of rotatable bonds is 4. The molecule has 5 heteroatoms. The highest BCUT2D eigenvalue weighted by Crippen LogP contribution is 2.09. The van der Waals surface area contributed by atoms with Gasteiger partial charge in [0.05, 0.1) is 6.33 Å². The number of anilines is 1. The normalized spacial score (nSPS) is 10.2. The average molecular weight is 233 g/mol. The number of carbonyl (C=O) groups excluding carboxylic acids is 1. The van der Waals surface area contributed by atoms with E-state index in [4.69, 9.17) is 0 Å². The Morgan fingerprint density at radius 3 is 3.06 bits per heavy atom. The van der Waals surface area contributed by atoms with Crippen LogP contribution in [0.5, 0.6) is 0 Å². The first kappa shape index (κ1) is 11.3. The van der Waals surface area contributed by atoms with E-state index in [1.54, 1.807) is 24.7 Å². The summed E-state index contributed by atoms with van der Waals surface area (Å²) in [5.41, 5.74) is 1.37. The number of nitrogens with zero attached hydrogens (tertiary/aromatic N) is 1. The van der Waals surface area contributed by atoms with Crippen molar-refractivity contribution < 1.29 is 9.18 Å².